The van der Waals surface area contributed by atoms with Crippen molar-refractivity contribution < 1.29 is 9.59 Å². The summed E-state index contributed by atoms with van der Waals surface area (Å²) in [6.45, 7) is 6.30. The Morgan fingerprint density at radius 1 is 0.917 bits per heavy atom. The van der Waals surface area contributed by atoms with E-state index in [4.69, 9.17) is 0 Å². The van der Waals surface area contributed by atoms with Gasteiger partial charge in [-0.05, 0) is 43.5 Å². The van der Waals surface area contributed by atoms with Crippen LogP contribution in [0.3, 0.4) is 0 Å². The smallest absolute Gasteiger partial charge is 0.315 e. The predicted octanol–water partition coefficient (Wildman–Crippen LogP) is 3.05. The lowest BCUT2D eigenvalue weighted by molar-refractivity contribution is -0.115. The first kappa shape index (κ1) is 17.5. The zero-order valence-corrected chi connectivity index (χ0v) is 14.3. The molecule has 0 aliphatic carbocycles. The fraction of sp³-hybridized carbons (Fsp3) is 0.263. The van der Waals surface area contributed by atoms with Crippen molar-refractivity contribution in [2.75, 3.05) is 11.9 Å². The van der Waals surface area contributed by atoms with Gasteiger partial charge in [0.25, 0.3) is 0 Å². The van der Waals surface area contributed by atoms with Gasteiger partial charge in [-0.3, -0.25) is 4.79 Å². The maximum Gasteiger partial charge on any atom is 0.315 e. The van der Waals surface area contributed by atoms with Crippen LogP contribution in [0.4, 0.5) is 10.5 Å². The minimum absolute atomic E-state index is 0.0763. The molecule has 0 unspecified atom stereocenters. The summed E-state index contributed by atoms with van der Waals surface area (Å²) in [6, 6.07) is 13.3. The lowest BCUT2D eigenvalue weighted by Gasteiger charge is -2.11. The van der Waals surface area contributed by atoms with E-state index in [-0.39, 0.29) is 18.5 Å². The Labute approximate surface area is 142 Å². The van der Waals surface area contributed by atoms with Crippen molar-refractivity contribution in [1.29, 1.82) is 0 Å². The standard InChI is InChI=1S/C19H23N3O2/c1-13-7-9-16(10-8-13)11-20-19(24)21-12-18(23)22-17-6-4-5-14(2)15(17)3/h4-10H,11-12H2,1-3H3,(H,22,23)(H2,20,21,24). The van der Waals surface area contributed by atoms with E-state index < -0.39 is 0 Å². The molecule has 5 nitrogen and oxygen atoms in total. The van der Waals surface area contributed by atoms with Gasteiger partial charge >= 0.3 is 6.03 Å². The first-order valence-electron chi connectivity index (χ1n) is 7.89. The van der Waals surface area contributed by atoms with Gasteiger partial charge in [0.15, 0.2) is 0 Å². The molecule has 0 aliphatic rings. The van der Waals surface area contributed by atoms with Crippen LogP contribution in [-0.4, -0.2) is 18.5 Å². The fourth-order valence-corrected chi connectivity index (χ4v) is 2.19. The van der Waals surface area contributed by atoms with E-state index in [1.807, 2.05) is 63.2 Å². The molecule has 0 aliphatic heterocycles. The molecule has 3 amide bonds. The SMILES string of the molecule is Cc1ccc(CNC(=O)NCC(=O)Nc2cccc(C)c2C)cc1. The Bertz CT molecular complexity index is 724. The van der Waals surface area contributed by atoms with Crippen molar-refractivity contribution in [1.82, 2.24) is 10.6 Å². The Balaban J connectivity index is 1.75. The number of hydrogen-bond acceptors (Lipinski definition) is 2. The molecule has 2 aromatic carbocycles. The fourth-order valence-electron chi connectivity index (χ4n) is 2.19. The molecule has 2 rings (SSSR count). The number of amides is 3. The first-order chi connectivity index (χ1) is 11.5. The van der Waals surface area contributed by atoms with Crippen molar-refractivity contribution in [3.05, 3.63) is 64.7 Å². The number of aryl methyl sites for hydroxylation is 2. The molecule has 0 atom stereocenters. The van der Waals surface area contributed by atoms with Crippen molar-refractivity contribution in [3.8, 4) is 0 Å². The number of nitrogens with one attached hydrogen (secondary N) is 3. The lowest BCUT2D eigenvalue weighted by atomic mass is 10.1. The Kier molecular flexibility index (Phi) is 5.95. The average molecular weight is 325 g/mol. The molecule has 24 heavy (non-hydrogen) atoms. The molecule has 0 radical (unpaired) electrons. The minimum Gasteiger partial charge on any atom is -0.334 e. The van der Waals surface area contributed by atoms with Crippen LogP contribution in [-0.2, 0) is 11.3 Å². The molecule has 0 bridgehead atoms. The molecule has 0 aromatic heterocycles. The molecule has 5 heteroatoms. The van der Waals surface area contributed by atoms with Gasteiger partial charge < -0.3 is 16.0 Å². The number of carbonyl (C=O) groups excluding carboxylic acids is 2. The Morgan fingerprint density at radius 3 is 2.33 bits per heavy atom. The van der Waals surface area contributed by atoms with Crippen LogP contribution in [0.25, 0.3) is 0 Å². The van der Waals surface area contributed by atoms with Crippen LogP contribution in [0, 0.1) is 20.8 Å². The van der Waals surface area contributed by atoms with E-state index >= 15 is 0 Å². The molecule has 0 saturated carbocycles. The lowest BCUT2D eigenvalue weighted by Crippen LogP contribution is -2.39. The van der Waals surface area contributed by atoms with E-state index in [2.05, 4.69) is 16.0 Å². The highest BCUT2D eigenvalue weighted by atomic mass is 16.2. The monoisotopic (exact) mass is 325 g/mol. The summed E-state index contributed by atoms with van der Waals surface area (Å²) in [5.74, 6) is -0.255. The number of rotatable bonds is 5. The highest BCUT2D eigenvalue weighted by molar-refractivity contribution is 5.95. The zero-order valence-electron chi connectivity index (χ0n) is 14.3. The maximum absolute atomic E-state index is 11.9. The zero-order chi connectivity index (χ0) is 17.5. The van der Waals surface area contributed by atoms with E-state index in [0.29, 0.717) is 6.54 Å². The molecule has 0 fully saturated rings. The Morgan fingerprint density at radius 2 is 1.62 bits per heavy atom. The van der Waals surface area contributed by atoms with Crippen LogP contribution in [0.15, 0.2) is 42.5 Å². The van der Waals surface area contributed by atoms with Crippen molar-refractivity contribution in [2.45, 2.75) is 27.3 Å². The molecule has 0 spiro atoms. The largest absolute Gasteiger partial charge is 0.334 e. The number of carbonyl (C=O) groups is 2. The third kappa shape index (κ3) is 5.12. The van der Waals surface area contributed by atoms with Gasteiger partial charge in [0.2, 0.25) is 5.91 Å². The van der Waals surface area contributed by atoms with Crippen LogP contribution in [0.1, 0.15) is 22.3 Å². The Hall–Kier alpha value is -2.82. The van der Waals surface area contributed by atoms with Gasteiger partial charge in [-0.1, -0.05) is 42.0 Å². The van der Waals surface area contributed by atoms with Crippen molar-refractivity contribution >= 4 is 17.6 Å². The molecular formula is C19H23N3O2. The second-order valence-corrected chi connectivity index (χ2v) is 5.82. The number of benzene rings is 2. The highest BCUT2D eigenvalue weighted by Crippen LogP contribution is 2.17. The van der Waals surface area contributed by atoms with E-state index in [0.717, 1.165) is 22.4 Å². The molecule has 0 saturated heterocycles. The van der Waals surface area contributed by atoms with E-state index in [9.17, 15) is 9.59 Å². The summed E-state index contributed by atoms with van der Waals surface area (Å²) in [7, 11) is 0. The second-order valence-electron chi connectivity index (χ2n) is 5.82. The number of hydrogen-bond donors (Lipinski definition) is 3. The normalized spacial score (nSPS) is 10.1. The van der Waals surface area contributed by atoms with Gasteiger partial charge in [0.1, 0.15) is 0 Å². The van der Waals surface area contributed by atoms with Gasteiger partial charge in [0, 0.05) is 12.2 Å². The van der Waals surface area contributed by atoms with E-state index in [1.165, 1.54) is 5.56 Å². The third-order valence-electron chi connectivity index (χ3n) is 3.86. The van der Waals surface area contributed by atoms with Crippen LogP contribution in [0.5, 0.6) is 0 Å². The summed E-state index contributed by atoms with van der Waals surface area (Å²) in [5.41, 5.74) is 5.08. The van der Waals surface area contributed by atoms with Gasteiger partial charge in [-0.25, -0.2) is 4.79 Å². The molecule has 3 N–H and O–H groups in total. The molecule has 2 aromatic rings. The van der Waals surface area contributed by atoms with Crippen molar-refractivity contribution in [2.24, 2.45) is 0 Å². The first-order valence-corrected chi connectivity index (χ1v) is 7.89. The van der Waals surface area contributed by atoms with E-state index in [1.54, 1.807) is 0 Å². The van der Waals surface area contributed by atoms with Crippen LogP contribution < -0.4 is 16.0 Å². The third-order valence-corrected chi connectivity index (χ3v) is 3.86. The van der Waals surface area contributed by atoms with Crippen LogP contribution >= 0.6 is 0 Å². The topological polar surface area (TPSA) is 70.2 Å². The molecule has 126 valence electrons. The van der Waals surface area contributed by atoms with Gasteiger partial charge in [0.05, 0.1) is 6.54 Å². The summed E-state index contributed by atoms with van der Waals surface area (Å²) in [4.78, 5) is 23.7. The summed E-state index contributed by atoms with van der Waals surface area (Å²) in [5, 5.41) is 8.09. The minimum atomic E-state index is -0.369. The quantitative estimate of drug-likeness (QED) is 0.791. The summed E-state index contributed by atoms with van der Waals surface area (Å²) < 4.78 is 0. The predicted molar refractivity (Wildman–Crippen MR) is 96.0 cm³/mol. The summed E-state index contributed by atoms with van der Waals surface area (Å²) in [6.07, 6.45) is 0. The summed E-state index contributed by atoms with van der Waals surface area (Å²) >= 11 is 0. The number of anilines is 1. The average Bonchev–Trinajstić information content (AvgIpc) is 2.56. The van der Waals surface area contributed by atoms with Gasteiger partial charge in [-0.15, -0.1) is 0 Å². The highest BCUT2D eigenvalue weighted by Gasteiger charge is 2.08. The second kappa shape index (κ2) is 8.15. The van der Waals surface area contributed by atoms with Crippen molar-refractivity contribution in [3.63, 3.8) is 0 Å². The van der Waals surface area contributed by atoms with Gasteiger partial charge in [-0.2, -0.15) is 0 Å². The molecular weight excluding hydrogens is 302 g/mol. The number of urea groups is 1. The molecule has 0 heterocycles. The maximum atomic E-state index is 11.9. The van der Waals surface area contributed by atoms with Crippen LogP contribution in [0.2, 0.25) is 0 Å².